The molecule has 0 unspecified atom stereocenters. The fraction of sp³-hybridized carbons (Fsp3) is 0.303. The van der Waals surface area contributed by atoms with E-state index in [1.165, 1.54) is 68.5 Å². The topological polar surface area (TPSA) is 146 Å². The molecule has 0 radical (unpaired) electrons. The van der Waals surface area contributed by atoms with Crippen LogP contribution in [0.1, 0.15) is 59.2 Å². The second-order valence-electron chi connectivity index (χ2n) is 11.5. The number of hydrogen-bond donors (Lipinski definition) is 2. The lowest BCUT2D eigenvalue weighted by Gasteiger charge is -2.25. The number of nitrogens with one attached hydrogen (secondary N) is 2. The molecule has 2 aliphatic rings. The molecular formula is C33H35N5O6S3. The van der Waals surface area contributed by atoms with Crippen molar-refractivity contribution in [3.8, 4) is 11.3 Å². The van der Waals surface area contributed by atoms with Crippen LogP contribution in [0.3, 0.4) is 0 Å². The van der Waals surface area contributed by atoms with Gasteiger partial charge in [0.1, 0.15) is 0 Å². The number of sulfonamides is 2. The molecule has 2 N–H and O–H groups in total. The van der Waals surface area contributed by atoms with Crippen LogP contribution >= 0.6 is 11.3 Å². The van der Waals surface area contributed by atoms with E-state index in [2.05, 4.69) is 15.6 Å². The summed E-state index contributed by atoms with van der Waals surface area (Å²) in [6.07, 6.45) is 5.46. The first-order valence-electron chi connectivity index (χ1n) is 15.5. The first-order chi connectivity index (χ1) is 22.6. The van der Waals surface area contributed by atoms with E-state index in [1.54, 1.807) is 29.6 Å². The Bertz CT molecular complexity index is 1950. The van der Waals surface area contributed by atoms with Crippen molar-refractivity contribution in [3.63, 3.8) is 0 Å². The number of carbonyl (C=O) groups is 2. The summed E-state index contributed by atoms with van der Waals surface area (Å²) in [7, 11) is -7.15. The van der Waals surface area contributed by atoms with Gasteiger partial charge in [0.15, 0.2) is 5.13 Å². The smallest absolute Gasteiger partial charge is 0.257 e. The van der Waals surface area contributed by atoms with Crippen molar-refractivity contribution >= 4 is 54.0 Å². The lowest BCUT2D eigenvalue weighted by atomic mass is 10.1. The summed E-state index contributed by atoms with van der Waals surface area (Å²) in [6, 6.07) is 18.9. The molecule has 0 bridgehead atoms. The summed E-state index contributed by atoms with van der Waals surface area (Å²) >= 11 is 1.26. The number of rotatable bonds is 9. The van der Waals surface area contributed by atoms with E-state index in [0.717, 1.165) is 44.1 Å². The highest BCUT2D eigenvalue weighted by molar-refractivity contribution is 7.89. The molecule has 4 aromatic rings. The van der Waals surface area contributed by atoms with Crippen molar-refractivity contribution < 1.29 is 26.4 Å². The number of carbonyl (C=O) groups excluding carboxylic acids is 2. The van der Waals surface area contributed by atoms with Crippen molar-refractivity contribution in [2.45, 2.75) is 48.3 Å². The first-order valence-corrected chi connectivity index (χ1v) is 19.3. The Kier molecular flexibility index (Phi) is 9.85. The normalized spacial score (nSPS) is 16.4. The Labute approximate surface area is 278 Å². The monoisotopic (exact) mass is 693 g/mol. The van der Waals surface area contributed by atoms with Crippen molar-refractivity contribution in [3.05, 3.63) is 89.3 Å². The number of aromatic nitrogens is 1. The molecule has 11 nitrogen and oxygen atoms in total. The molecule has 2 aliphatic heterocycles. The van der Waals surface area contributed by atoms with Crippen LogP contribution in [0, 0.1) is 0 Å². The van der Waals surface area contributed by atoms with E-state index in [0.29, 0.717) is 53.8 Å². The van der Waals surface area contributed by atoms with Gasteiger partial charge in [-0.3, -0.25) is 14.9 Å². The highest BCUT2D eigenvalue weighted by atomic mass is 32.2. The SMILES string of the molecule is O=C(Nc1ccc(-c2csc(NC(=O)c3ccc(S(=O)(=O)N4CCCCC4)cc3)n2)cc1)c1ccc(S(=O)(=O)N2CCCCC2)cc1. The van der Waals surface area contributed by atoms with Gasteiger partial charge in [0, 0.05) is 53.9 Å². The van der Waals surface area contributed by atoms with Crippen LogP contribution in [0.25, 0.3) is 11.3 Å². The largest absolute Gasteiger partial charge is 0.322 e. The van der Waals surface area contributed by atoms with Crippen molar-refractivity contribution in [2.75, 3.05) is 36.8 Å². The second-order valence-corrected chi connectivity index (χ2v) is 16.2. The van der Waals surface area contributed by atoms with Crippen LogP contribution < -0.4 is 10.6 Å². The molecule has 3 heterocycles. The Morgan fingerprint density at radius 1 is 0.596 bits per heavy atom. The number of piperidine rings is 2. The Hall–Kier alpha value is -3.95. The molecule has 14 heteroatoms. The van der Waals surface area contributed by atoms with Gasteiger partial charge in [0.2, 0.25) is 20.0 Å². The van der Waals surface area contributed by atoms with Crippen LogP contribution in [-0.2, 0) is 20.0 Å². The van der Waals surface area contributed by atoms with Crippen LogP contribution in [0.15, 0.2) is 88.0 Å². The molecule has 246 valence electrons. The van der Waals surface area contributed by atoms with Gasteiger partial charge >= 0.3 is 0 Å². The molecule has 0 aliphatic carbocycles. The summed E-state index contributed by atoms with van der Waals surface area (Å²) < 4.78 is 54.6. The van der Waals surface area contributed by atoms with E-state index >= 15 is 0 Å². The standard InChI is InChI=1S/C33H35N5O6S3/c39-31(25-9-15-28(16-10-25)46(41,42)37-19-3-1-4-20-37)34-27-13-7-24(8-14-27)30-23-45-33(35-30)36-32(40)26-11-17-29(18-12-26)47(43,44)38-21-5-2-6-22-38/h7-18,23H,1-6,19-22H2,(H,34,39)(H,35,36,40). The molecule has 6 rings (SSSR count). The number of amides is 2. The lowest BCUT2D eigenvalue weighted by Crippen LogP contribution is -2.35. The minimum atomic E-state index is -3.58. The number of nitrogens with zero attached hydrogens (tertiary/aromatic N) is 3. The fourth-order valence-corrected chi connectivity index (χ4v) is 9.37. The molecule has 0 atom stereocenters. The van der Waals surface area contributed by atoms with Gasteiger partial charge in [-0.25, -0.2) is 21.8 Å². The number of anilines is 2. The number of hydrogen-bond acceptors (Lipinski definition) is 8. The molecule has 2 amide bonds. The third-order valence-electron chi connectivity index (χ3n) is 8.30. The Balaban J connectivity index is 1.04. The Morgan fingerprint density at radius 2 is 1.04 bits per heavy atom. The Morgan fingerprint density at radius 3 is 1.51 bits per heavy atom. The van der Waals surface area contributed by atoms with Crippen LogP contribution in [-0.4, -0.2) is 68.4 Å². The summed E-state index contributed by atoms with van der Waals surface area (Å²) in [4.78, 5) is 30.5. The zero-order chi connectivity index (χ0) is 33.0. The van der Waals surface area contributed by atoms with Gasteiger partial charge in [-0.2, -0.15) is 8.61 Å². The molecule has 3 aromatic carbocycles. The quantitative estimate of drug-likeness (QED) is 0.230. The average Bonchev–Trinajstić information content (AvgIpc) is 3.58. The van der Waals surface area contributed by atoms with Gasteiger partial charge in [-0.1, -0.05) is 25.0 Å². The van der Waals surface area contributed by atoms with Crippen molar-refractivity contribution in [2.24, 2.45) is 0 Å². The lowest BCUT2D eigenvalue weighted by molar-refractivity contribution is 0.101. The maximum Gasteiger partial charge on any atom is 0.257 e. The highest BCUT2D eigenvalue weighted by Gasteiger charge is 2.27. The third kappa shape index (κ3) is 7.47. The predicted octanol–water partition coefficient (Wildman–Crippen LogP) is 5.66. The van der Waals surface area contributed by atoms with Gasteiger partial charge in [0.25, 0.3) is 11.8 Å². The van der Waals surface area contributed by atoms with E-state index in [1.807, 2.05) is 0 Å². The van der Waals surface area contributed by atoms with E-state index in [4.69, 9.17) is 0 Å². The first kappa shape index (κ1) is 33.0. The third-order valence-corrected chi connectivity index (χ3v) is 12.9. The van der Waals surface area contributed by atoms with Crippen LogP contribution in [0.2, 0.25) is 0 Å². The van der Waals surface area contributed by atoms with E-state index in [-0.39, 0.29) is 15.7 Å². The summed E-state index contributed by atoms with van der Waals surface area (Å²) in [6.45, 7) is 2.05. The molecule has 2 saturated heterocycles. The van der Waals surface area contributed by atoms with Gasteiger partial charge in [-0.05, 0) is 86.3 Å². The molecule has 0 saturated carbocycles. The number of thiazole rings is 1. The van der Waals surface area contributed by atoms with Gasteiger partial charge in [0.05, 0.1) is 15.5 Å². The maximum atomic E-state index is 12.9. The minimum Gasteiger partial charge on any atom is -0.322 e. The van der Waals surface area contributed by atoms with Crippen molar-refractivity contribution in [1.29, 1.82) is 0 Å². The van der Waals surface area contributed by atoms with E-state index < -0.39 is 26.0 Å². The van der Waals surface area contributed by atoms with Crippen LogP contribution in [0.4, 0.5) is 10.8 Å². The summed E-state index contributed by atoms with van der Waals surface area (Å²) in [5, 5.41) is 7.78. The van der Waals surface area contributed by atoms with E-state index in [9.17, 15) is 26.4 Å². The highest BCUT2D eigenvalue weighted by Crippen LogP contribution is 2.27. The second kappa shape index (κ2) is 14.0. The van der Waals surface area contributed by atoms with Gasteiger partial charge in [-0.15, -0.1) is 11.3 Å². The van der Waals surface area contributed by atoms with Crippen LogP contribution in [0.5, 0.6) is 0 Å². The zero-order valence-corrected chi connectivity index (χ0v) is 28.0. The zero-order valence-electron chi connectivity index (χ0n) is 25.6. The average molecular weight is 694 g/mol. The summed E-state index contributed by atoms with van der Waals surface area (Å²) in [5.74, 6) is -0.765. The molecule has 1 aromatic heterocycles. The number of benzene rings is 3. The predicted molar refractivity (Wildman–Crippen MR) is 182 cm³/mol. The molecular weight excluding hydrogens is 659 g/mol. The molecule has 2 fully saturated rings. The molecule has 0 spiro atoms. The van der Waals surface area contributed by atoms with Gasteiger partial charge < -0.3 is 5.32 Å². The van der Waals surface area contributed by atoms with Crippen molar-refractivity contribution in [1.82, 2.24) is 13.6 Å². The molecule has 47 heavy (non-hydrogen) atoms. The fourth-order valence-electron chi connectivity index (χ4n) is 5.63. The maximum absolute atomic E-state index is 12.9. The summed E-state index contributed by atoms with van der Waals surface area (Å²) in [5.41, 5.74) is 2.62. The minimum absolute atomic E-state index is 0.170.